The number of hydrogen-bond donors (Lipinski definition) is 2. The van der Waals surface area contributed by atoms with E-state index in [-0.39, 0.29) is 0 Å². The Kier molecular flexibility index (Phi) is 11.8. The third-order valence-electron chi connectivity index (χ3n) is 13.6. The zero-order valence-electron chi connectivity index (χ0n) is 38.6. The Morgan fingerprint density at radius 3 is 2.01 bits per heavy atom. The summed E-state index contributed by atoms with van der Waals surface area (Å²) in [6.07, 6.45) is 43.1. The molecule has 0 atom stereocenters. The minimum absolute atomic E-state index is 0.902. The first kappa shape index (κ1) is 42.8. The Labute approximate surface area is 394 Å². The lowest BCUT2D eigenvalue weighted by molar-refractivity contribution is 0.883. The van der Waals surface area contributed by atoms with E-state index in [2.05, 4.69) is 206 Å². The van der Waals surface area contributed by atoms with Crippen LogP contribution in [-0.2, 0) is 25.7 Å². The molecule has 67 heavy (non-hydrogen) atoms. The summed E-state index contributed by atoms with van der Waals surface area (Å²) in [4.78, 5) is 0. The van der Waals surface area contributed by atoms with Gasteiger partial charge in [0.15, 0.2) is 0 Å². The molecule has 0 amide bonds. The van der Waals surface area contributed by atoms with Gasteiger partial charge >= 0.3 is 0 Å². The molecular formula is C63H56N4. The summed E-state index contributed by atoms with van der Waals surface area (Å²) in [5, 5.41) is 3.80. The molecule has 0 bridgehead atoms. The van der Waals surface area contributed by atoms with E-state index in [1.807, 2.05) is 18.2 Å². The SMILES string of the molecule is C=C\C=C/C(=C\C)C1=C/C=C\c2c(c3cc4c5c(c3n2/C(C)=C/C=C\N)CCc2c-5c(cc3c5cc(-c6cccc(-c7ccccc7)c6)ccc5n(C(/C=C\C)=C/N)c23)CC4)/C=C/C=C/C=C\1. The number of aromatic nitrogens is 2. The smallest absolute Gasteiger partial charge is 0.0613 e. The predicted octanol–water partition coefficient (Wildman–Crippen LogP) is 15.4. The number of fused-ring (bicyclic) bond motifs is 8. The van der Waals surface area contributed by atoms with Crippen molar-refractivity contribution in [3.8, 4) is 33.4 Å². The maximum atomic E-state index is 6.55. The largest absolute Gasteiger partial charge is 0.405 e. The first-order valence-electron chi connectivity index (χ1n) is 23.5. The topological polar surface area (TPSA) is 61.9 Å². The van der Waals surface area contributed by atoms with Crippen molar-refractivity contribution in [1.82, 2.24) is 9.13 Å². The Morgan fingerprint density at radius 2 is 1.31 bits per heavy atom. The van der Waals surface area contributed by atoms with Crippen LogP contribution in [-0.4, -0.2) is 9.13 Å². The molecule has 0 aliphatic heterocycles. The summed E-state index contributed by atoms with van der Waals surface area (Å²) in [6.45, 7) is 10.2. The molecule has 3 aliphatic rings. The Balaban J connectivity index is 1.22. The number of aryl methyl sites for hydroxylation is 4. The number of hydrogen-bond acceptors (Lipinski definition) is 2. The van der Waals surface area contributed by atoms with Gasteiger partial charge in [-0.25, -0.2) is 0 Å². The minimum Gasteiger partial charge on any atom is -0.405 e. The van der Waals surface area contributed by atoms with Crippen molar-refractivity contribution in [3.05, 3.63) is 240 Å². The molecule has 0 spiro atoms. The average molecular weight is 869 g/mol. The lowest BCUT2D eigenvalue weighted by Crippen LogP contribution is -2.16. The van der Waals surface area contributed by atoms with E-state index in [1.54, 1.807) is 12.4 Å². The Bertz CT molecular complexity index is 3500. The first-order chi connectivity index (χ1) is 33.0. The highest BCUT2D eigenvalue weighted by molar-refractivity contribution is 6.15. The summed E-state index contributed by atoms with van der Waals surface area (Å²) < 4.78 is 4.89. The van der Waals surface area contributed by atoms with Gasteiger partial charge in [0.1, 0.15) is 0 Å². The van der Waals surface area contributed by atoms with Gasteiger partial charge in [-0.05, 0) is 174 Å². The summed E-state index contributed by atoms with van der Waals surface area (Å²) in [5.74, 6) is 0. The van der Waals surface area contributed by atoms with Gasteiger partial charge in [0, 0.05) is 33.6 Å². The second kappa shape index (κ2) is 18.4. The zero-order chi connectivity index (χ0) is 46.0. The molecule has 0 fully saturated rings. The van der Waals surface area contributed by atoms with E-state index in [0.717, 1.165) is 59.4 Å². The average Bonchev–Trinajstić information content (AvgIpc) is 3.85. The first-order valence-corrected chi connectivity index (χ1v) is 23.5. The minimum atomic E-state index is 0.902. The number of rotatable bonds is 9. The van der Waals surface area contributed by atoms with E-state index in [0.29, 0.717) is 0 Å². The van der Waals surface area contributed by atoms with Gasteiger partial charge in [-0.15, -0.1) is 0 Å². The second-order valence-electron chi connectivity index (χ2n) is 17.4. The molecular weight excluding hydrogens is 813 g/mol. The van der Waals surface area contributed by atoms with Crippen LogP contribution in [0.2, 0.25) is 0 Å². The van der Waals surface area contributed by atoms with Crippen molar-refractivity contribution in [2.75, 3.05) is 0 Å². The molecule has 0 saturated heterocycles. The fourth-order valence-corrected chi connectivity index (χ4v) is 10.7. The maximum absolute atomic E-state index is 6.55. The number of nitrogens with zero attached hydrogens (tertiary/aromatic N) is 2. The summed E-state index contributed by atoms with van der Waals surface area (Å²) in [6, 6.07) is 31.5. The predicted molar refractivity (Wildman–Crippen MR) is 290 cm³/mol. The summed E-state index contributed by atoms with van der Waals surface area (Å²) in [5.41, 5.74) is 36.1. The van der Waals surface area contributed by atoms with Crippen molar-refractivity contribution in [1.29, 1.82) is 0 Å². The Morgan fingerprint density at radius 1 is 0.627 bits per heavy atom. The molecule has 0 unspecified atom stereocenters. The maximum Gasteiger partial charge on any atom is 0.0613 e. The number of benzene rings is 5. The van der Waals surface area contributed by atoms with Crippen LogP contribution in [0.25, 0.3) is 89.6 Å². The Hall–Kier alpha value is -8.08. The quantitative estimate of drug-likeness (QED) is 0.142. The molecule has 0 radical (unpaired) electrons. The van der Waals surface area contributed by atoms with Gasteiger partial charge in [-0.3, -0.25) is 0 Å². The van der Waals surface area contributed by atoms with Crippen molar-refractivity contribution in [2.45, 2.75) is 46.5 Å². The molecule has 328 valence electrons. The van der Waals surface area contributed by atoms with Gasteiger partial charge in [0.25, 0.3) is 0 Å². The molecule has 4 N–H and O–H groups in total. The van der Waals surface area contributed by atoms with Crippen molar-refractivity contribution in [2.24, 2.45) is 11.5 Å². The van der Waals surface area contributed by atoms with E-state index < -0.39 is 0 Å². The highest BCUT2D eigenvalue weighted by atomic mass is 15.0. The van der Waals surface area contributed by atoms with Gasteiger partial charge in [-0.1, -0.05) is 140 Å². The zero-order valence-corrected chi connectivity index (χ0v) is 38.6. The molecule has 3 aliphatic carbocycles. The highest BCUT2D eigenvalue weighted by Gasteiger charge is 2.33. The van der Waals surface area contributed by atoms with E-state index >= 15 is 0 Å². The fourth-order valence-electron chi connectivity index (χ4n) is 10.7. The highest BCUT2D eigenvalue weighted by Crippen LogP contribution is 2.51. The van der Waals surface area contributed by atoms with Crippen LogP contribution in [0.1, 0.15) is 54.3 Å². The van der Waals surface area contributed by atoms with E-state index in [4.69, 9.17) is 11.5 Å². The van der Waals surface area contributed by atoms with Crippen LogP contribution in [0.3, 0.4) is 0 Å². The standard InChI is InChI=1S/C63H56N4/c1-5-8-21-43(7-3)44-22-12-9-10-15-28-52-56-39-49-30-31-50-40-57-55-38-48(47-27-16-26-46(37-47)45-23-13-11-14-24-45)32-35-59(55)67(51(41-65)19-6-2)63(57)54-34-33-53(60(49)61(50)54)62(56)66(42(4)20-18-36-64)58(52)29-17-25-44/h5-29,32,35-41H,1,30-31,33-34,64-65H2,2-4H3/b10-9+,12-9?,15-10?,19-6-,21-8-,22-12-,25-17?,28-15+,29-17-,36-18-,42-20+,43-7+,44-22?,44-25+,51-41+,52-28?,58-29?. The molecule has 5 aromatic carbocycles. The lowest BCUT2D eigenvalue weighted by atomic mass is 9.74. The van der Waals surface area contributed by atoms with Gasteiger partial charge in [0.2, 0.25) is 0 Å². The van der Waals surface area contributed by atoms with Crippen LogP contribution < -0.4 is 11.5 Å². The second-order valence-corrected chi connectivity index (χ2v) is 17.4. The van der Waals surface area contributed by atoms with Crippen molar-refractivity contribution >= 4 is 56.3 Å². The van der Waals surface area contributed by atoms with E-state index in [1.165, 1.54) is 88.4 Å². The summed E-state index contributed by atoms with van der Waals surface area (Å²) in [7, 11) is 0. The van der Waals surface area contributed by atoms with Gasteiger partial charge in [0.05, 0.1) is 27.9 Å². The molecule has 4 nitrogen and oxygen atoms in total. The van der Waals surface area contributed by atoms with E-state index in [9.17, 15) is 0 Å². The monoisotopic (exact) mass is 868 g/mol. The van der Waals surface area contributed by atoms with Crippen molar-refractivity contribution in [3.63, 3.8) is 0 Å². The molecule has 10 rings (SSSR count). The third-order valence-corrected chi connectivity index (χ3v) is 13.6. The normalized spacial score (nSPS) is 18.0. The van der Waals surface area contributed by atoms with Crippen molar-refractivity contribution < 1.29 is 0 Å². The summed E-state index contributed by atoms with van der Waals surface area (Å²) >= 11 is 0. The van der Waals surface area contributed by atoms with Crippen LogP contribution in [0.4, 0.5) is 0 Å². The fraction of sp³-hybridized carbons (Fsp3) is 0.111. The molecule has 2 aromatic heterocycles. The van der Waals surface area contributed by atoms with Crippen LogP contribution in [0.15, 0.2) is 206 Å². The van der Waals surface area contributed by atoms with Gasteiger partial charge < -0.3 is 20.6 Å². The molecule has 7 aromatic rings. The van der Waals surface area contributed by atoms with Crippen LogP contribution in [0.5, 0.6) is 0 Å². The number of nitrogens with two attached hydrogens (primary N) is 2. The van der Waals surface area contributed by atoms with Crippen LogP contribution >= 0.6 is 0 Å². The van der Waals surface area contributed by atoms with Crippen LogP contribution in [0, 0.1) is 0 Å². The third kappa shape index (κ3) is 7.55. The molecule has 0 saturated carbocycles. The lowest BCUT2D eigenvalue weighted by Gasteiger charge is -2.31. The van der Waals surface area contributed by atoms with Gasteiger partial charge in [-0.2, -0.15) is 0 Å². The molecule has 4 heteroatoms. The number of allylic oxidation sites excluding steroid dienone is 19. The molecule has 2 heterocycles.